The van der Waals surface area contributed by atoms with Crippen molar-refractivity contribution < 1.29 is 0 Å². The Morgan fingerprint density at radius 2 is 0.628 bits per heavy atom. The number of hydrogen-bond donors (Lipinski definition) is 0. The molecule has 2 aliphatic carbocycles. The van der Waals surface area contributed by atoms with Gasteiger partial charge >= 0.3 is 0 Å². The van der Waals surface area contributed by atoms with Gasteiger partial charge in [0, 0.05) is 49.2 Å². The zero-order chi connectivity index (χ0) is 57.4. The normalized spacial score (nSPS) is 13.5. The maximum atomic E-state index is 5.53. The molecule has 3 aromatic heterocycles. The minimum Gasteiger partial charge on any atom is -0.309 e. The molecule has 17 rings (SSSR count). The number of hydrogen-bond acceptors (Lipinski definition) is 3. The van der Waals surface area contributed by atoms with Gasteiger partial charge in [0.05, 0.1) is 22.1 Å². The SMILES string of the molecule is CC1(C)c2ccccc2-c2ccc(-c3ccc4c(c3)c3ccccc3n4-c3cccc(-c4nc(-c5cccc(-c6cccc(-c7ccccc7)c6)c5)nc(-n5c6ccccc6c6cc(-c7ccc8c(c7)C(C)(C)c7ccccc7-8)ccc65)n4)c3)cc21. The van der Waals surface area contributed by atoms with Gasteiger partial charge in [-0.15, -0.1) is 0 Å². The van der Waals surface area contributed by atoms with Crippen LogP contribution in [0.3, 0.4) is 0 Å². The molecule has 2 aliphatic rings. The van der Waals surface area contributed by atoms with E-state index < -0.39 is 0 Å². The lowest BCUT2D eigenvalue weighted by Gasteiger charge is -2.22. The minimum atomic E-state index is -0.107. The van der Waals surface area contributed by atoms with Crippen LogP contribution in [0.2, 0.25) is 0 Å². The Bertz CT molecular complexity index is 5310. The van der Waals surface area contributed by atoms with Gasteiger partial charge in [-0.3, -0.25) is 4.57 Å². The molecule has 0 N–H and O–H groups in total. The van der Waals surface area contributed by atoms with Gasteiger partial charge < -0.3 is 4.57 Å². The lowest BCUT2D eigenvalue weighted by atomic mass is 9.81. The molecule has 0 amide bonds. The largest absolute Gasteiger partial charge is 0.309 e. The quantitative estimate of drug-likeness (QED) is 0.152. The molecule has 0 radical (unpaired) electrons. The molecule has 15 aromatic rings. The highest BCUT2D eigenvalue weighted by molar-refractivity contribution is 6.12. The number of fused-ring (bicyclic) bond motifs is 12. The van der Waals surface area contributed by atoms with Gasteiger partial charge in [0.15, 0.2) is 11.6 Å². The van der Waals surface area contributed by atoms with Crippen molar-refractivity contribution in [2.24, 2.45) is 0 Å². The van der Waals surface area contributed by atoms with Crippen LogP contribution in [0.5, 0.6) is 0 Å². The van der Waals surface area contributed by atoms with Crippen LogP contribution >= 0.6 is 0 Å². The van der Waals surface area contributed by atoms with Crippen molar-refractivity contribution in [3.05, 3.63) is 295 Å². The second kappa shape index (κ2) is 18.9. The molecule has 0 spiro atoms. The Labute approximate surface area is 499 Å². The maximum absolute atomic E-state index is 5.53. The molecule has 12 aromatic carbocycles. The van der Waals surface area contributed by atoms with Gasteiger partial charge in [-0.2, -0.15) is 9.97 Å². The maximum Gasteiger partial charge on any atom is 0.238 e. The number of aromatic nitrogens is 5. The predicted octanol–water partition coefficient (Wildman–Crippen LogP) is 20.7. The summed E-state index contributed by atoms with van der Waals surface area (Å²) in [6.07, 6.45) is 0. The van der Waals surface area contributed by atoms with E-state index in [0.29, 0.717) is 17.6 Å². The van der Waals surface area contributed by atoms with Crippen molar-refractivity contribution in [3.63, 3.8) is 0 Å². The molecule has 86 heavy (non-hydrogen) atoms. The van der Waals surface area contributed by atoms with E-state index in [4.69, 9.17) is 15.0 Å². The van der Waals surface area contributed by atoms with E-state index in [2.05, 4.69) is 310 Å². The monoisotopic (exact) mass is 1100 g/mol. The zero-order valence-electron chi connectivity index (χ0n) is 48.2. The first-order valence-electron chi connectivity index (χ1n) is 29.8. The molecule has 0 unspecified atom stereocenters. The molecule has 0 atom stereocenters. The molecule has 406 valence electrons. The van der Waals surface area contributed by atoms with E-state index in [1.807, 2.05) is 0 Å². The summed E-state index contributed by atoms with van der Waals surface area (Å²) in [5.74, 6) is 1.72. The van der Waals surface area contributed by atoms with Crippen molar-refractivity contribution in [1.29, 1.82) is 0 Å². The highest BCUT2D eigenvalue weighted by atomic mass is 15.2. The van der Waals surface area contributed by atoms with Crippen LogP contribution in [-0.2, 0) is 10.8 Å². The van der Waals surface area contributed by atoms with Crippen molar-refractivity contribution in [3.8, 4) is 101 Å². The second-order valence-corrected chi connectivity index (χ2v) is 24.4. The van der Waals surface area contributed by atoms with Gasteiger partial charge in [0.25, 0.3) is 0 Å². The van der Waals surface area contributed by atoms with Crippen LogP contribution in [0, 0.1) is 0 Å². The fraction of sp³-hybridized carbons (Fsp3) is 0.0741. The molecule has 3 heterocycles. The molecule has 0 saturated heterocycles. The third kappa shape index (κ3) is 7.67. The van der Waals surface area contributed by atoms with Crippen molar-refractivity contribution in [2.75, 3.05) is 0 Å². The Hall–Kier alpha value is -10.8. The molecule has 0 bridgehead atoms. The van der Waals surface area contributed by atoms with Gasteiger partial charge in [0.2, 0.25) is 5.95 Å². The van der Waals surface area contributed by atoms with Gasteiger partial charge in [0.1, 0.15) is 0 Å². The molecule has 0 aliphatic heterocycles. The average molecular weight is 1100 g/mol. The van der Waals surface area contributed by atoms with Crippen molar-refractivity contribution >= 4 is 43.6 Å². The summed E-state index contributed by atoms with van der Waals surface area (Å²) in [5, 5.41) is 4.66. The Morgan fingerprint density at radius 3 is 1.21 bits per heavy atom. The smallest absolute Gasteiger partial charge is 0.238 e. The lowest BCUT2D eigenvalue weighted by molar-refractivity contribution is 0.660. The van der Waals surface area contributed by atoms with Gasteiger partial charge in [-0.25, -0.2) is 4.98 Å². The summed E-state index contributed by atoms with van der Waals surface area (Å²) in [6.45, 7) is 9.40. The van der Waals surface area contributed by atoms with E-state index in [-0.39, 0.29) is 10.8 Å². The van der Waals surface area contributed by atoms with Crippen molar-refractivity contribution in [1.82, 2.24) is 24.1 Å². The van der Waals surface area contributed by atoms with Crippen LogP contribution < -0.4 is 0 Å². The first kappa shape index (κ1) is 49.8. The van der Waals surface area contributed by atoms with Crippen LogP contribution in [0.1, 0.15) is 49.9 Å². The average Bonchev–Trinajstić information content (AvgIpc) is 1.75. The van der Waals surface area contributed by atoms with Crippen molar-refractivity contribution in [2.45, 2.75) is 38.5 Å². The Kier molecular flexibility index (Phi) is 10.9. The van der Waals surface area contributed by atoms with E-state index in [1.54, 1.807) is 0 Å². The first-order chi connectivity index (χ1) is 42.1. The summed E-state index contributed by atoms with van der Waals surface area (Å²) in [7, 11) is 0. The summed E-state index contributed by atoms with van der Waals surface area (Å²) < 4.78 is 4.62. The van der Waals surface area contributed by atoms with Crippen LogP contribution in [0.15, 0.2) is 273 Å². The Morgan fingerprint density at radius 1 is 0.244 bits per heavy atom. The van der Waals surface area contributed by atoms with E-state index >= 15 is 0 Å². The summed E-state index contributed by atoms with van der Waals surface area (Å²) in [6, 6.07) is 99.6. The zero-order valence-corrected chi connectivity index (χ0v) is 48.2. The lowest BCUT2D eigenvalue weighted by Crippen LogP contribution is -2.14. The van der Waals surface area contributed by atoms with E-state index in [9.17, 15) is 0 Å². The third-order valence-corrected chi connectivity index (χ3v) is 18.8. The number of benzene rings is 12. The van der Waals surface area contributed by atoms with Crippen LogP contribution in [0.4, 0.5) is 0 Å². The standard InChI is InChI=1S/C81H57N5/c1-80(2)69-31-12-8-27-61(69)63-39-35-56(48-71(63)80)54-37-41-75-67(46-54)65-29-10-14-33-73(65)85(75)60-26-18-25-59(45-60)78-82-77(58-24-17-23-53(44-58)52-22-16-21-51(43-52)50-19-6-5-7-20-50)83-79(84-78)86-74-34-15-11-30-66(74)68-47-55(38-42-76(68)86)57-36-40-64-62-28-9-13-32-70(62)81(3,4)72(64)49-57/h5-49H,1-4H3. The van der Waals surface area contributed by atoms with Gasteiger partial charge in [-0.05, 0) is 162 Å². The summed E-state index contributed by atoms with van der Waals surface area (Å²) in [5.41, 5.74) is 27.0. The summed E-state index contributed by atoms with van der Waals surface area (Å²) >= 11 is 0. The molecule has 0 saturated carbocycles. The minimum absolute atomic E-state index is 0.0876. The Balaban J connectivity index is 0.812. The van der Waals surface area contributed by atoms with Crippen LogP contribution in [-0.4, -0.2) is 24.1 Å². The molecule has 0 fully saturated rings. The van der Waals surface area contributed by atoms with Crippen LogP contribution in [0.25, 0.3) is 145 Å². The second-order valence-electron chi connectivity index (χ2n) is 24.4. The number of rotatable bonds is 8. The van der Waals surface area contributed by atoms with Gasteiger partial charge in [-0.1, -0.05) is 228 Å². The number of para-hydroxylation sites is 2. The van der Waals surface area contributed by atoms with E-state index in [1.165, 1.54) is 77.5 Å². The predicted molar refractivity (Wildman–Crippen MR) is 356 cm³/mol. The fourth-order valence-corrected chi connectivity index (χ4v) is 14.4. The first-order valence-corrected chi connectivity index (χ1v) is 29.8. The molecular weight excluding hydrogens is 1040 g/mol. The molecule has 5 heteroatoms. The third-order valence-electron chi connectivity index (χ3n) is 18.8. The highest BCUT2D eigenvalue weighted by Gasteiger charge is 2.37. The highest BCUT2D eigenvalue weighted by Crippen LogP contribution is 2.52. The topological polar surface area (TPSA) is 48.5 Å². The summed E-state index contributed by atoms with van der Waals surface area (Å²) in [4.78, 5) is 16.5. The molecule has 5 nitrogen and oxygen atoms in total. The number of nitrogens with zero attached hydrogens (tertiary/aromatic N) is 5. The van der Waals surface area contributed by atoms with E-state index in [0.717, 1.165) is 71.9 Å². The molecular formula is C81H57N5. The fourth-order valence-electron chi connectivity index (χ4n) is 14.4.